The molecule has 1 fully saturated rings. The van der Waals surface area contributed by atoms with E-state index < -0.39 is 0 Å². The van der Waals surface area contributed by atoms with Crippen LogP contribution in [-0.4, -0.2) is 15.3 Å². The molecule has 1 aromatic carbocycles. The molecule has 2 aromatic rings. The number of fused-ring (bicyclic) bond motifs is 1. The number of hydrogen-bond donors (Lipinski definition) is 0. The summed E-state index contributed by atoms with van der Waals surface area (Å²) < 4.78 is 2.10. The Hall–Kier alpha value is -2.15. The van der Waals surface area contributed by atoms with Crippen molar-refractivity contribution in [1.82, 2.24) is 9.55 Å². The minimum absolute atomic E-state index is 0.200. The monoisotopic (exact) mass is 267 g/mol. The Morgan fingerprint density at radius 1 is 1.40 bits per heavy atom. The van der Waals surface area contributed by atoms with Crippen molar-refractivity contribution in [2.75, 3.05) is 0 Å². The number of carbonyl (C=O) groups excluding carboxylic acids is 1. The number of carbonyl (C=O) groups is 1. The first-order chi connectivity index (χ1) is 9.79. The van der Waals surface area contributed by atoms with E-state index in [1.54, 1.807) is 0 Å². The normalized spacial score (nSPS) is 18.6. The molecule has 0 saturated heterocycles. The Morgan fingerprint density at radius 2 is 2.25 bits per heavy atom. The van der Waals surface area contributed by atoms with Crippen LogP contribution in [0.4, 0.5) is 0 Å². The van der Waals surface area contributed by atoms with Gasteiger partial charge in [-0.05, 0) is 31.4 Å². The number of aromatic nitrogens is 2. The molecule has 0 N–H and O–H groups in total. The van der Waals surface area contributed by atoms with Crippen molar-refractivity contribution < 1.29 is 4.79 Å². The molecular formula is C16H17N3O. The Balaban J connectivity index is 1.87. The molecule has 1 unspecified atom stereocenters. The lowest BCUT2D eigenvalue weighted by Crippen LogP contribution is -2.12. The highest BCUT2D eigenvalue weighted by Gasteiger charge is 2.24. The third kappa shape index (κ3) is 2.32. The van der Waals surface area contributed by atoms with E-state index in [0.717, 1.165) is 49.1 Å². The summed E-state index contributed by atoms with van der Waals surface area (Å²) in [5.74, 6) is 1.40. The fourth-order valence-electron chi connectivity index (χ4n) is 3.06. The second-order valence-electron chi connectivity index (χ2n) is 5.35. The van der Waals surface area contributed by atoms with Gasteiger partial charge < -0.3 is 4.57 Å². The van der Waals surface area contributed by atoms with E-state index in [2.05, 4.69) is 15.6 Å². The smallest absolute Gasteiger partial charge is 0.136 e. The molecule has 20 heavy (non-hydrogen) atoms. The highest BCUT2D eigenvalue weighted by Crippen LogP contribution is 2.26. The third-order valence-electron chi connectivity index (χ3n) is 4.10. The maximum absolute atomic E-state index is 11.7. The number of aryl methyl sites for hydroxylation is 1. The number of nitrogens with zero attached hydrogens (tertiary/aromatic N) is 3. The van der Waals surface area contributed by atoms with E-state index in [1.807, 2.05) is 24.3 Å². The largest absolute Gasteiger partial charge is 0.327 e. The van der Waals surface area contributed by atoms with Gasteiger partial charge in [0.1, 0.15) is 11.6 Å². The average molecular weight is 267 g/mol. The van der Waals surface area contributed by atoms with E-state index in [0.29, 0.717) is 12.2 Å². The molecule has 1 atom stereocenters. The van der Waals surface area contributed by atoms with Crippen LogP contribution < -0.4 is 0 Å². The molecule has 0 radical (unpaired) electrons. The van der Waals surface area contributed by atoms with Crippen molar-refractivity contribution in [2.45, 2.75) is 38.6 Å². The van der Waals surface area contributed by atoms with Gasteiger partial charge >= 0.3 is 0 Å². The van der Waals surface area contributed by atoms with Crippen molar-refractivity contribution in [2.24, 2.45) is 5.92 Å². The van der Waals surface area contributed by atoms with E-state index in [9.17, 15) is 4.79 Å². The molecule has 1 aliphatic carbocycles. The quantitative estimate of drug-likeness (QED) is 0.855. The van der Waals surface area contributed by atoms with Gasteiger partial charge in [-0.2, -0.15) is 5.26 Å². The summed E-state index contributed by atoms with van der Waals surface area (Å²) >= 11 is 0. The predicted octanol–water partition coefficient (Wildman–Crippen LogP) is 2.86. The summed E-state index contributed by atoms with van der Waals surface area (Å²) in [6.07, 6.45) is 3.95. The Labute approximate surface area is 118 Å². The van der Waals surface area contributed by atoms with Crippen molar-refractivity contribution >= 4 is 16.8 Å². The lowest BCUT2D eigenvalue weighted by molar-refractivity contribution is -0.120. The molecule has 1 aliphatic rings. The van der Waals surface area contributed by atoms with Crippen molar-refractivity contribution in [3.63, 3.8) is 0 Å². The maximum Gasteiger partial charge on any atom is 0.136 e. The highest BCUT2D eigenvalue weighted by atomic mass is 16.1. The zero-order valence-electron chi connectivity index (χ0n) is 11.4. The number of para-hydroxylation sites is 2. The van der Waals surface area contributed by atoms with Crippen molar-refractivity contribution in [3.05, 3.63) is 30.1 Å². The van der Waals surface area contributed by atoms with Crippen LogP contribution in [0, 0.1) is 17.2 Å². The number of nitriles is 1. The fourth-order valence-corrected chi connectivity index (χ4v) is 3.06. The summed E-state index contributed by atoms with van der Waals surface area (Å²) in [5.41, 5.74) is 1.98. The summed E-state index contributed by atoms with van der Waals surface area (Å²) in [6.45, 7) is 0.772. The molecule has 0 bridgehead atoms. The summed E-state index contributed by atoms with van der Waals surface area (Å²) in [5, 5.41) is 8.93. The number of rotatable bonds is 4. The van der Waals surface area contributed by atoms with Gasteiger partial charge in [-0.15, -0.1) is 0 Å². The summed E-state index contributed by atoms with van der Waals surface area (Å²) in [4.78, 5) is 16.3. The van der Waals surface area contributed by atoms with E-state index in [4.69, 9.17) is 5.26 Å². The summed E-state index contributed by atoms with van der Waals surface area (Å²) in [7, 11) is 0. The van der Waals surface area contributed by atoms with Gasteiger partial charge in [-0.1, -0.05) is 12.1 Å². The minimum Gasteiger partial charge on any atom is -0.327 e. The van der Waals surface area contributed by atoms with Gasteiger partial charge in [-0.3, -0.25) is 4.79 Å². The molecule has 0 spiro atoms. The van der Waals surface area contributed by atoms with Crippen molar-refractivity contribution in [1.29, 1.82) is 5.26 Å². The zero-order valence-corrected chi connectivity index (χ0v) is 11.4. The average Bonchev–Trinajstić information content (AvgIpc) is 3.01. The molecule has 1 heterocycles. The molecule has 1 saturated carbocycles. The standard InChI is InChI=1S/C16H17N3O/c17-10-8-16-18-13-5-1-2-6-14(13)19(16)11-9-12-4-3-7-15(12)20/h1-2,5-6,12H,3-4,7-9,11H2. The lowest BCUT2D eigenvalue weighted by atomic mass is 10.0. The number of Topliss-reactive ketones (excluding diaryl/α,β-unsaturated/α-hetero) is 1. The fraction of sp³-hybridized carbons (Fsp3) is 0.438. The van der Waals surface area contributed by atoms with Crippen LogP contribution >= 0.6 is 0 Å². The number of benzene rings is 1. The molecule has 0 aliphatic heterocycles. The maximum atomic E-state index is 11.7. The minimum atomic E-state index is 0.200. The first kappa shape index (κ1) is 12.9. The van der Waals surface area contributed by atoms with Crippen LogP contribution in [0.2, 0.25) is 0 Å². The SMILES string of the molecule is N#CCc1nc2ccccc2n1CCC1CCCC1=O. The molecule has 3 rings (SSSR count). The Kier molecular flexibility index (Phi) is 3.51. The van der Waals surface area contributed by atoms with Crippen LogP contribution in [0.1, 0.15) is 31.5 Å². The molecule has 4 nitrogen and oxygen atoms in total. The summed E-state index contributed by atoms with van der Waals surface area (Å²) in [6, 6.07) is 10.1. The second-order valence-corrected chi connectivity index (χ2v) is 5.35. The molecule has 0 amide bonds. The van der Waals surface area contributed by atoms with Gasteiger partial charge in [-0.25, -0.2) is 4.98 Å². The van der Waals surface area contributed by atoms with Crippen LogP contribution in [0.25, 0.3) is 11.0 Å². The van der Waals surface area contributed by atoms with E-state index in [1.165, 1.54) is 0 Å². The first-order valence-corrected chi connectivity index (χ1v) is 7.13. The van der Waals surface area contributed by atoms with Crippen molar-refractivity contribution in [3.8, 4) is 6.07 Å². The third-order valence-corrected chi connectivity index (χ3v) is 4.10. The topological polar surface area (TPSA) is 58.7 Å². The number of imidazole rings is 1. The molecule has 4 heteroatoms. The van der Waals surface area contributed by atoms with Gasteiger partial charge in [0.05, 0.1) is 23.5 Å². The van der Waals surface area contributed by atoms with Gasteiger partial charge in [0.25, 0.3) is 0 Å². The van der Waals surface area contributed by atoms with Crippen LogP contribution in [0.15, 0.2) is 24.3 Å². The van der Waals surface area contributed by atoms with Crippen LogP contribution in [0.3, 0.4) is 0 Å². The second kappa shape index (κ2) is 5.46. The van der Waals surface area contributed by atoms with Gasteiger partial charge in [0.2, 0.25) is 0 Å². The zero-order chi connectivity index (χ0) is 13.9. The highest BCUT2D eigenvalue weighted by molar-refractivity contribution is 5.82. The number of ketones is 1. The molecule has 1 aromatic heterocycles. The Bertz CT molecular complexity index is 681. The number of hydrogen-bond acceptors (Lipinski definition) is 3. The van der Waals surface area contributed by atoms with Crippen LogP contribution in [0.5, 0.6) is 0 Å². The van der Waals surface area contributed by atoms with Gasteiger partial charge in [0.15, 0.2) is 0 Å². The van der Waals surface area contributed by atoms with Gasteiger partial charge in [0, 0.05) is 18.9 Å². The molecule has 102 valence electrons. The van der Waals surface area contributed by atoms with E-state index >= 15 is 0 Å². The lowest BCUT2D eigenvalue weighted by Gasteiger charge is -2.11. The van der Waals surface area contributed by atoms with Crippen LogP contribution in [-0.2, 0) is 17.8 Å². The predicted molar refractivity (Wildman–Crippen MR) is 76.0 cm³/mol. The molecular weight excluding hydrogens is 250 g/mol. The van der Waals surface area contributed by atoms with E-state index in [-0.39, 0.29) is 5.92 Å². The Morgan fingerprint density at radius 3 is 3.00 bits per heavy atom. The first-order valence-electron chi connectivity index (χ1n) is 7.13.